The Bertz CT molecular complexity index is 1520. The number of hydrogen-bond donors (Lipinski definition) is 2. The standard InChI is InChI=1S/C24H24N8OS/c1-14(2)31-21(33)18-11-27-22(28-17-4-3-15-5-8-26-10-16(15)9-17)30-20(18)32(31)23-29-19(12-34-23)24(13-25)6-7-24/h3-4,9,11-12,14,26H,5-8,10H2,1-2H3,(H,27,28,30). The molecular formula is C24H24N8OS. The minimum absolute atomic E-state index is 0.107. The summed E-state index contributed by atoms with van der Waals surface area (Å²) in [5.74, 6) is 0.415. The monoisotopic (exact) mass is 472 g/mol. The number of anilines is 2. The van der Waals surface area contributed by atoms with Gasteiger partial charge in [0.1, 0.15) is 10.8 Å². The van der Waals surface area contributed by atoms with E-state index in [2.05, 4.69) is 33.8 Å². The van der Waals surface area contributed by atoms with Gasteiger partial charge in [-0.2, -0.15) is 10.2 Å². The van der Waals surface area contributed by atoms with Crippen molar-refractivity contribution >= 4 is 34.0 Å². The number of nitriles is 1. The molecule has 0 atom stereocenters. The minimum atomic E-state index is -0.482. The molecule has 4 heterocycles. The molecule has 9 nitrogen and oxygen atoms in total. The Morgan fingerprint density at radius 2 is 2.12 bits per heavy atom. The minimum Gasteiger partial charge on any atom is -0.324 e. The maximum absolute atomic E-state index is 13.2. The van der Waals surface area contributed by atoms with Crippen LogP contribution in [0.25, 0.3) is 16.2 Å². The number of aromatic nitrogens is 5. The number of nitrogens with one attached hydrogen (secondary N) is 2. The van der Waals surface area contributed by atoms with Crippen molar-refractivity contribution in [2.24, 2.45) is 0 Å². The highest BCUT2D eigenvalue weighted by atomic mass is 32.1. The van der Waals surface area contributed by atoms with E-state index in [1.807, 2.05) is 25.3 Å². The lowest BCUT2D eigenvalue weighted by Gasteiger charge is -2.18. The Morgan fingerprint density at radius 1 is 1.26 bits per heavy atom. The van der Waals surface area contributed by atoms with Gasteiger partial charge in [-0.05, 0) is 62.9 Å². The molecule has 1 aliphatic heterocycles. The lowest BCUT2D eigenvalue weighted by Crippen LogP contribution is -2.24. The van der Waals surface area contributed by atoms with E-state index >= 15 is 0 Å². The van der Waals surface area contributed by atoms with Crippen molar-refractivity contribution in [1.29, 1.82) is 5.26 Å². The molecule has 0 spiro atoms. The van der Waals surface area contributed by atoms with Gasteiger partial charge in [-0.1, -0.05) is 6.07 Å². The molecule has 1 fully saturated rings. The van der Waals surface area contributed by atoms with Crippen molar-refractivity contribution in [2.75, 3.05) is 11.9 Å². The zero-order chi connectivity index (χ0) is 23.4. The van der Waals surface area contributed by atoms with E-state index in [0.717, 1.165) is 43.7 Å². The molecule has 172 valence electrons. The summed E-state index contributed by atoms with van der Waals surface area (Å²) < 4.78 is 3.43. The van der Waals surface area contributed by atoms with E-state index in [1.165, 1.54) is 22.5 Å². The highest BCUT2D eigenvalue weighted by Crippen LogP contribution is 2.47. The second-order valence-corrected chi connectivity index (χ2v) is 10.1. The number of hydrogen-bond acceptors (Lipinski definition) is 8. The van der Waals surface area contributed by atoms with Crippen LogP contribution in [-0.4, -0.2) is 30.9 Å². The van der Waals surface area contributed by atoms with Crippen LogP contribution in [0.5, 0.6) is 0 Å². The molecular weight excluding hydrogens is 448 g/mol. The van der Waals surface area contributed by atoms with Gasteiger partial charge in [0.05, 0.1) is 11.8 Å². The molecule has 3 aromatic heterocycles. The quantitative estimate of drug-likeness (QED) is 0.456. The summed E-state index contributed by atoms with van der Waals surface area (Å²) in [5, 5.41) is 19.3. The van der Waals surface area contributed by atoms with Gasteiger partial charge in [0.15, 0.2) is 5.65 Å². The molecule has 1 aromatic carbocycles. The Labute approximate surface area is 200 Å². The van der Waals surface area contributed by atoms with E-state index in [0.29, 0.717) is 22.1 Å². The molecule has 1 aliphatic carbocycles. The van der Waals surface area contributed by atoms with Crippen molar-refractivity contribution in [2.45, 2.75) is 51.1 Å². The van der Waals surface area contributed by atoms with Gasteiger partial charge >= 0.3 is 0 Å². The number of benzene rings is 1. The summed E-state index contributed by atoms with van der Waals surface area (Å²) in [6.45, 7) is 5.75. The Kier molecular flexibility index (Phi) is 4.79. The fourth-order valence-electron chi connectivity index (χ4n) is 4.53. The summed E-state index contributed by atoms with van der Waals surface area (Å²) in [6, 6.07) is 8.58. The molecule has 10 heteroatoms. The zero-order valence-electron chi connectivity index (χ0n) is 19.0. The Balaban J connectivity index is 1.44. The van der Waals surface area contributed by atoms with Crippen LogP contribution in [0.2, 0.25) is 0 Å². The van der Waals surface area contributed by atoms with E-state index in [1.54, 1.807) is 15.6 Å². The van der Waals surface area contributed by atoms with Gasteiger partial charge in [0.2, 0.25) is 11.1 Å². The first kappa shape index (κ1) is 21.0. The largest absolute Gasteiger partial charge is 0.324 e. The highest BCUT2D eigenvalue weighted by molar-refractivity contribution is 7.12. The topological polar surface area (TPSA) is 113 Å². The molecule has 0 saturated heterocycles. The van der Waals surface area contributed by atoms with E-state index in [4.69, 9.17) is 9.97 Å². The van der Waals surface area contributed by atoms with E-state index < -0.39 is 5.41 Å². The third-order valence-corrected chi connectivity index (χ3v) is 7.41. The third kappa shape index (κ3) is 3.31. The third-order valence-electron chi connectivity index (χ3n) is 6.59. The first-order valence-corrected chi connectivity index (χ1v) is 12.3. The van der Waals surface area contributed by atoms with Crippen molar-refractivity contribution in [1.82, 2.24) is 29.6 Å². The summed E-state index contributed by atoms with van der Waals surface area (Å²) in [7, 11) is 0. The normalized spacial score (nSPS) is 16.4. The van der Waals surface area contributed by atoms with Crippen LogP contribution < -0.4 is 16.2 Å². The molecule has 2 N–H and O–H groups in total. The van der Waals surface area contributed by atoms with Crippen molar-refractivity contribution in [3.05, 3.63) is 57.0 Å². The van der Waals surface area contributed by atoms with Gasteiger partial charge in [-0.3, -0.25) is 4.79 Å². The smallest absolute Gasteiger partial charge is 0.278 e. The second kappa shape index (κ2) is 7.75. The molecule has 0 bridgehead atoms. The first-order chi connectivity index (χ1) is 16.5. The number of thiazole rings is 1. The summed E-state index contributed by atoms with van der Waals surface area (Å²) >= 11 is 1.42. The zero-order valence-corrected chi connectivity index (χ0v) is 19.8. The molecule has 4 aromatic rings. The van der Waals surface area contributed by atoms with Gasteiger partial charge in [-0.15, -0.1) is 11.3 Å². The van der Waals surface area contributed by atoms with Crippen molar-refractivity contribution in [3.8, 4) is 11.2 Å². The van der Waals surface area contributed by atoms with Gasteiger partial charge < -0.3 is 10.6 Å². The van der Waals surface area contributed by atoms with E-state index in [9.17, 15) is 10.1 Å². The predicted octanol–water partition coefficient (Wildman–Crippen LogP) is 3.56. The molecule has 34 heavy (non-hydrogen) atoms. The average Bonchev–Trinajstić information content (AvgIpc) is 3.39. The number of nitrogens with zero attached hydrogens (tertiary/aromatic N) is 6. The van der Waals surface area contributed by atoms with Crippen LogP contribution >= 0.6 is 11.3 Å². The number of rotatable bonds is 5. The van der Waals surface area contributed by atoms with Crippen molar-refractivity contribution in [3.63, 3.8) is 0 Å². The average molecular weight is 473 g/mol. The summed E-state index contributed by atoms with van der Waals surface area (Å²) in [6.07, 6.45) is 4.25. The van der Waals surface area contributed by atoms with Gasteiger partial charge in [-0.25, -0.2) is 19.3 Å². The SMILES string of the molecule is CC(C)n1c(=O)c2cnc(Nc3ccc4c(c3)CNCC4)nc2n1-c1nc(C2(C#N)CC2)cs1. The molecule has 0 amide bonds. The predicted molar refractivity (Wildman–Crippen MR) is 131 cm³/mol. The number of fused-ring (bicyclic) bond motifs is 2. The van der Waals surface area contributed by atoms with Crippen LogP contribution in [0.3, 0.4) is 0 Å². The molecule has 2 aliphatic rings. The fraction of sp³-hybridized carbons (Fsp3) is 0.375. The first-order valence-electron chi connectivity index (χ1n) is 11.5. The van der Waals surface area contributed by atoms with Crippen LogP contribution in [0, 0.1) is 11.3 Å². The molecule has 0 unspecified atom stereocenters. The van der Waals surface area contributed by atoms with Gasteiger partial charge in [0, 0.05) is 29.9 Å². The van der Waals surface area contributed by atoms with Crippen LogP contribution in [0.4, 0.5) is 11.6 Å². The summed E-state index contributed by atoms with van der Waals surface area (Å²) in [5.41, 5.74) is 4.16. The lowest BCUT2D eigenvalue weighted by molar-refractivity contribution is 0.474. The maximum Gasteiger partial charge on any atom is 0.278 e. The maximum atomic E-state index is 13.2. The van der Waals surface area contributed by atoms with Gasteiger partial charge in [0.25, 0.3) is 5.56 Å². The van der Waals surface area contributed by atoms with Crippen LogP contribution in [0.1, 0.15) is 49.6 Å². The van der Waals surface area contributed by atoms with E-state index in [-0.39, 0.29) is 11.6 Å². The van der Waals surface area contributed by atoms with Crippen molar-refractivity contribution < 1.29 is 0 Å². The lowest BCUT2D eigenvalue weighted by atomic mass is 10.0. The van der Waals surface area contributed by atoms with Crippen LogP contribution in [-0.2, 0) is 18.4 Å². The molecule has 0 radical (unpaired) electrons. The highest BCUT2D eigenvalue weighted by Gasteiger charge is 2.47. The Morgan fingerprint density at radius 3 is 2.88 bits per heavy atom. The van der Waals surface area contributed by atoms with Crippen LogP contribution in [0.15, 0.2) is 34.6 Å². The fourth-order valence-corrected chi connectivity index (χ4v) is 5.45. The molecule has 6 rings (SSSR count). The summed E-state index contributed by atoms with van der Waals surface area (Å²) in [4.78, 5) is 27.2. The Hall–Kier alpha value is -3.55. The second-order valence-electron chi connectivity index (χ2n) is 9.23. The molecule has 1 saturated carbocycles.